The third-order valence-corrected chi connectivity index (χ3v) is 3.24. The predicted octanol–water partition coefficient (Wildman–Crippen LogP) is 3.93. The zero-order chi connectivity index (χ0) is 9.90. The van der Waals surface area contributed by atoms with E-state index in [1.54, 1.807) is 0 Å². The summed E-state index contributed by atoms with van der Waals surface area (Å²) < 4.78 is 0. The second kappa shape index (κ2) is 4.35. The molecule has 2 unspecified atom stereocenters. The van der Waals surface area contributed by atoms with Crippen LogP contribution in [0.3, 0.4) is 0 Å². The topological polar surface area (TPSA) is 0 Å². The Morgan fingerprint density at radius 2 is 2.15 bits per heavy atom. The molecular formula is C12H22B. The largest absolute Gasteiger partial charge is 0.114 e. The number of hydrogen-bond acceptors (Lipinski definition) is 0. The predicted molar refractivity (Wildman–Crippen MR) is 61.3 cm³/mol. The molecule has 1 radical (unpaired) electrons. The molecule has 1 heterocycles. The zero-order valence-corrected chi connectivity index (χ0v) is 9.51. The van der Waals surface area contributed by atoms with Crippen molar-refractivity contribution in [3.63, 3.8) is 0 Å². The molecule has 0 aromatic rings. The van der Waals surface area contributed by atoms with E-state index in [0.29, 0.717) is 5.41 Å². The molecule has 73 valence electrons. The fourth-order valence-electron chi connectivity index (χ4n) is 2.04. The van der Waals surface area contributed by atoms with E-state index in [4.69, 9.17) is 0 Å². The maximum absolute atomic E-state index is 2.49. The van der Waals surface area contributed by atoms with Gasteiger partial charge in [0.05, 0.1) is 0 Å². The molecule has 0 nitrogen and oxygen atoms in total. The quantitative estimate of drug-likeness (QED) is 0.450. The minimum absolute atomic E-state index is 0.488. The minimum Gasteiger partial charge on any atom is -0.0916 e. The van der Waals surface area contributed by atoms with Crippen LogP contribution in [0.2, 0.25) is 12.1 Å². The maximum atomic E-state index is 2.49. The monoisotopic (exact) mass is 177 g/mol. The molecule has 1 saturated heterocycles. The molecular weight excluding hydrogens is 155 g/mol. The van der Waals surface area contributed by atoms with Crippen LogP contribution in [-0.2, 0) is 0 Å². The molecule has 0 spiro atoms. The van der Waals surface area contributed by atoms with Gasteiger partial charge in [0.2, 0.25) is 0 Å². The van der Waals surface area contributed by atoms with Gasteiger partial charge < -0.3 is 0 Å². The highest BCUT2D eigenvalue weighted by Gasteiger charge is 2.32. The van der Waals surface area contributed by atoms with Gasteiger partial charge in [-0.1, -0.05) is 57.4 Å². The van der Waals surface area contributed by atoms with Crippen molar-refractivity contribution in [2.75, 3.05) is 0 Å². The fraction of sp³-hybridized carbons (Fsp3) is 0.833. The molecule has 0 amide bonds. The molecule has 1 aliphatic heterocycles. The lowest BCUT2D eigenvalue weighted by Crippen LogP contribution is -2.30. The minimum atomic E-state index is 0.488. The van der Waals surface area contributed by atoms with E-state index < -0.39 is 0 Å². The van der Waals surface area contributed by atoms with Crippen molar-refractivity contribution in [3.8, 4) is 0 Å². The second-order valence-electron chi connectivity index (χ2n) is 5.25. The van der Waals surface area contributed by atoms with Crippen molar-refractivity contribution in [3.05, 3.63) is 12.2 Å². The van der Waals surface area contributed by atoms with Gasteiger partial charge in [-0.05, 0) is 18.8 Å². The summed E-state index contributed by atoms with van der Waals surface area (Å²) in [6.07, 6.45) is 8.38. The summed E-state index contributed by atoms with van der Waals surface area (Å²) in [7, 11) is 2.49. The molecule has 0 bridgehead atoms. The smallest absolute Gasteiger partial charge is 0.0916 e. The van der Waals surface area contributed by atoms with Gasteiger partial charge in [0.25, 0.3) is 0 Å². The van der Waals surface area contributed by atoms with Gasteiger partial charge in [-0.2, -0.15) is 0 Å². The highest BCUT2D eigenvalue weighted by atomic mass is 14.3. The summed E-state index contributed by atoms with van der Waals surface area (Å²) in [4.78, 5) is 0. The van der Waals surface area contributed by atoms with E-state index in [-0.39, 0.29) is 0 Å². The van der Waals surface area contributed by atoms with E-state index in [1.807, 2.05) is 0 Å². The summed E-state index contributed by atoms with van der Waals surface area (Å²) in [5, 5.41) is 0. The van der Waals surface area contributed by atoms with E-state index in [0.717, 1.165) is 11.7 Å². The van der Waals surface area contributed by atoms with Crippen LogP contribution in [0, 0.1) is 11.3 Å². The number of hydrogen-bond donors (Lipinski definition) is 0. The van der Waals surface area contributed by atoms with Crippen LogP contribution in [0.1, 0.15) is 40.5 Å². The first-order valence-electron chi connectivity index (χ1n) is 5.49. The number of rotatable bonds is 4. The average molecular weight is 177 g/mol. The van der Waals surface area contributed by atoms with Crippen LogP contribution >= 0.6 is 0 Å². The molecule has 0 aliphatic carbocycles. The Balaban J connectivity index is 2.32. The molecule has 13 heavy (non-hydrogen) atoms. The molecule has 1 heteroatoms. The van der Waals surface area contributed by atoms with Gasteiger partial charge in [-0.3, -0.25) is 0 Å². The van der Waals surface area contributed by atoms with Crippen LogP contribution in [0.25, 0.3) is 0 Å². The van der Waals surface area contributed by atoms with Gasteiger partial charge in [-0.15, -0.1) is 0 Å². The molecule has 1 rings (SSSR count). The van der Waals surface area contributed by atoms with Crippen molar-refractivity contribution >= 4 is 7.28 Å². The lowest BCUT2D eigenvalue weighted by molar-refractivity contribution is 0.293. The first-order chi connectivity index (χ1) is 6.05. The number of allylic oxidation sites excluding steroid dienone is 2. The molecule has 0 aromatic heterocycles. The van der Waals surface area contributed by atoms with E-state index in [9.17, 15) is 0 Å². The van der Waals surface area contributed by atoms with Crippen molar-refractivity contribution in [1.29, 1.82) is 0 Å². The van der Waals surface area contributed by atoms with Crippen LogP contribution in [-0.4, -0.2) is 7.28 Å². The summed E-state index contributed by atoms with van der Waals surface area (Å²) in [6, 6.07) is 0. The summed E-state index contributed by atoms with van der Waals surface area (Å²) in [5.41, 5.74) is 0.488. The molecule has 0 aromatic carbocycles. The lowest BCUT2D eigenvalue weighted by atomic mass is 9.40. The van der Waals surface area contributed by atoms with Crippen molar-refractivity contribution < 1.29 is 0 Å². The molecule has 0 saturated carbocycles. The average Bonchev–Trinajstić information content (AvgIpc) is 2.09. The van der Waals surface area contributed by atoms with Gasteiger partial charge >= 0.3 is 0 Å². The third kappa shape index (κ3) is 3.21. The first-order valence-corrected chi connectivity index (χ1v) is 5.49. The van der Waals surface area contributed by atoms with E-state index in [2.05, 4.69) is 47.1 Å². The second-order valence-corrected chi connectivity index (χ2v) is 5.25. The molecule has 1 aliphatic rings. The Bertz CT molecular complexity index is 182. The SMILES string of the molecule is CC=CCC(C)(C)CC1[B]CC1C. The summed E-state index contributed by atoms with van der Waals surface area (Å²) in [6.45, 7) is 9.24. The van der Waals surface area contributed by atoms with Crippen LogP contribution in [0.4, 0.5) is 0 Å². The highest BCUT2D eigenvalue weighted by molar-refractivity contribution is 6.41. The van der Waals surface area contributed by atoms with Crippen molar-refractivity contribution in [1.82, 2.24) is 0 Å². The van der Waals surface area contributed by atoms with Crippen LogP contribution in [0.15, 0.2) is 12.2 Å². The van der Waals surface area contributed by atoms with Gasteiger partial charge in [-0.25, -0.2) is 0 Å². The van der Waals surface area contributed by atoms with Gasteiger partial charge in [0.1, 0.15) is 7.28 Å². The normalized spacial score (nSPS) is 28.6. The fourth-order valence-corrected chi connectivity index (χ4v) is 2.04. The standard InChI is InChI=1S/C12H22B/c1-5-6-7-12(3,4)8-11-10(2)9-13-11/h5-6,10-11H,7-9H2,1-4H3. The Kier molecular flexibility index (Phi) is 3.64. The third-order valence-electron chi connectivity index (χ3n) is 3.24. The van der Waals surface area contributed by atoms with Gasteiger partial charge in [0.15, 0.2) is 0 Å². The highest BCUT2D eigenvalue weighted by Crippen LogP contribution is 2.43. The Hall–Kier alpha value is -0.195. The molecule has 1 fully saturated rings. The molecule has 2 atom stereocenters. The van der Waals surface area contributed by atoms with Crippen molar-refractivity contribution in [2.24, 2.45) is 11.3 Å². The van der Waals surface area contributed by atoms with E-state index in [1.165, 1.54) is 19.2 Å². The molecule has 0 N–H and O–H groups in total. The van der Waals surface area contributed by atoms with Crippen LogP contribution in [0.5, 0.6) is 0 Å². The Labute approximate surface area is 84.0 Å². The maximum Gasteiger partial charge on any atom is 0.114 e. The zero-order valence-electron chi connectivity index (χ0n) is 9.51. The summed E-state index contributed by atoms with van der Waals surface area (Å²) >= 11 is 0. The summed E-state index contributed by atoms with van der Waals surface area (Å²) in [5.74, 6) is 1.82. The Morgan fingerprint density at radius 1 is 1.46 bits per heavy atom. The van der Waals surface area contributed by atoms with Gasteiger partial charge in [0, 0.05) is 0 Å². The lowest BCUT2D eigenvalue weighted by Gasteiger charge is -2.39. The van der Waals surface area contributed by atoms with Crippen molar-refractivity contribution in [2.45, 2.75) is 52.7 Å². The first kappa shape index (κ1) is 10.9. The van der Waals surface area contributed by atoms with E-state index >= 15 is 0 Å². The Morgan fingerprint density at radius 3 is 2.54 bits per heavy atom. The van der Waals surface area contributed by atoms with Crippen LogP contribution < -0.4 is 0 Å².